The molecule has 0 aliphatic rings. The molecule has 3 unspecified atom stereocenters. The number of aliphatic hydroxyl groups excluding tert-OH is 1. The monoisotopic (exact) mass is 235 g/mol. The zero-order valence-electron chi connectivity index (χ0n) is 9.82. The maximum Gasteiger partial charge on any atom is 0.325 e. The van der Waals surface area contributed by atoms with Gasteiger partial charge in [-0.25, -0.2) is 0 Å². The molecule has 90 valence electrons. The van der Waals surface area contributed by atoms with Crippen LogP contribution in [0.25, 0.3) is 0 Å². The van der Waals surface area contributed by atoms with Crippen molar-refractivity contribution in [1.29, 1.82) is 0 Å². The van der Waals surface area contributed by atoms with Crippen molar-refractivity contribution in [2.75, 3.05) is 13.7 Å². The largest absolute Gasteiger partial charge is 0.468 e. The summed E-state index contributed by atoms with van der Waals surface area (Å²) in [5.41, 5.74) is 4.89. The summed E-state index contributed by atoms with van der Waals surface area (Å²) in [4.78, 5) is 11.3. The molecule has 4 nitrogen and oxygen atoms in total. The Morgan fingerprint density at radius 2 is 2.07 bits per heavy atom. The van der Waals surface area contributed by atoms with Crippen LogP contribution in [0.2, 0.25) is 0 Å². The molecule has 5 heteroatoms. The van der Waals surface area contributed by atoms with Crippen LogP contribution in [0.15, 0.2) is 0 Å². The van der Waals surface area contributed by atoms with E-state index in [1.165, 1.54) is 7.11 Å². The highest BCUT2D eigenvalue weighted by Crippen LogP contribution is 2.24. The quantitative estimate of drug-likeness (QED) is 0.665. The number of carbonyl (C=O) groups excluding carboxylic acids is 1. The van der Waals surface area contributed by atoms with Gasteiger partial charge in [-0.15, -0.1) is 0 Å². The molecule has 0 fully saturated rings. The van der Waals surface area contributed by atoms with Gasteiger partial charge in [0, 0.05) is 10.5 Å². The molecule has 0 aliphatic carbocycles. The van der Waals surface area contributed by atoms with E-state index in [9.17, 15) is 4.79 Å². The molecular formula is C10H21NO3S. The second-order valence-electron chi connectivity index (χ2n) is 4.05. The van der Waals surface area contributed by atoms with Gasteiger partial charge in [0.15, 0.2) is 0 Å². The topological polar surface area (TPSA) is 72.5 Å². The Morgan fingerprint density at radius 3 is 2.47 bits per heavy atom. The van der Waals surface area contributed by atoms with Crippen molar-refractivity contribution in [3.8, 4) is 0 Å². The van der Waals surface area contributed by atoms with E-state index in [0.717, 1.165) is 0 Å². The minimum absolute atomic E-state index is 0.133. The highest BCUT2D eigenvalue weighted by Gasteiger charge is 2.31. The smallest absolute Gasteiger partial charge is 0.325 e. The van der Waals surface area contributed by atoms with Gasteiger partial charge in [-0.1, -0.05) is 13.8 Å². The number of rotatable bonds is 6. The number of hydrogen-bond acceptors (Lipinski definition) is 5. The SMILES string of the molecule is COC(=O)C(C)(N)CC(C)SC(C)CO. The van der Waals surface area contributed by atoms with Gasteiger partial charge in [-0.3, -0.25) is 4.79 Å². The molecule has 0 saturated carbocycles. The van der Waals surface area contributed by atoms with Gasteiger partial charge < -0.3 is 15.6 Å². The molecule has 3 atom stereocenters. The van der Waals surface area contributed by atoms with E-state index in [4.69, 9.17) is 10.8 Å². The fraction of sp³-hybridized carbons (Fsp3) is 0.900. The van der Waals surface area contributed by atoms with Gasteiger partial charge in [-0.2, -0.15) is 11.8 Å². The third-order valence-corrected chi connectivity index (χ3v) is 3.33. The Labute approximate surface area is 95.6 Å². The average Bonchev–Trinajstić information content (AvgIpc) is 2.15. The van der Waals surface area contributed by atoms with Crippen LogP contribution in [-0.2, 0) is 9.53 Å². The summed E-state index contributed by atoms with van der Waals surface area (Å²) in [6.07, 6.45) is 0.536. The number of aliphatic hydroxyl groups is 1. The van der Waals surface area contributed by atoms with E-state index in [2.05, 4.69) is 4.74 Å². The molecule has 0 spiro atoms. The minimum Gasteiger partial charge on any atom is -0.468 e. The van der Waals surface area contributed by atoms with Crippen LogP contribution in [0.5, 0.6) is 0 Å². The average molecular weight is 235 g/mol. The Hall–Kier alpha value is -0.260. The highest BCUT2D eigenvalue weighted by molar-refractivity contribution is 8.00. The van der Waals surface area contributed by atoms with Crippen molar-refractivity contribution in [2.45, 2.75) is 43.2 Å². The molecule has 0 aliphatic heterocycles. The van der Waals surface area contributed by atoms with Crippen molar-refractivity contribution >= 4 is 17.7 Å². The number of methoxy groups -OCH3 is 1. The first-order chi connectivity index (χ1) is 6.83. The van der Waals surface area contributed by atoms with Crippen LogP contribution >= 0.6 is 11.8 Å². The number of hydrogen-bond donors (Lipinski definition) is 2. The second kappa shape index (κ2) is 6.35. The summed E-state index contributed by atoms with van der Waals surface area (Å²) in [6.45, 7) is 5.73. The Balaban J connectivity index is 4.15. The number of nitrogens with two attached hydrogens (primary N) is 1. The lowest BCUT2D eigenvalue weighted by atomic mass is 9.98. The van der Waals surface area contributed by atoms with E-state index >= 15 is 0 Å². The molecule has 0 rings (SSSR count). The second-order valence-corrected chi connectivity index (χ2v) is 5.93. The molecular weight excluding hydrogens is 214 g/mol. The van der Waals surface area contributed by atoms with Crippen molar-refractivity contribution in [3.63, 3.8) is 0 Å². The van der Waals surface area contributed by atoms with Gasteiger partial charge in [0.05, 0.1) is 13.7 Å². The molecule has 0 aromatic heterocycles. The van der Waals surface area contributed by atoms with Crippen LogP contribution in [0, 0.1) is 0 Å². The maximum atomic E-state index is 11.3. The summed E-state index contributed by atoms with van der Waals surface area (Å²) >= 11 is 1.62. The molecule has 0 aromatic rings. The van der Waals surface area contributed by atoms with Crippen molar-refractivity contribution < 1.29 is 14.6 Å². The molecule has 0 amide bonds. The van der Waals surface area contributed by atoms with Crippen LogP contribution in [0.4, 0.5) is 0 Å². The van der Waals surface area contributed by atoms with Crippen molar-refractivity contribution in [1.82, 2.24) is 0 Å². The lowest BCUT2D eigenvalue weighted by Crippen LogP contribution is -2.47. The number of carbonyl (C=O) groups is 1. The summed E-state index contributed by atoms with van der Waals surface area (Å²) in [5, 5.41) is 9.26. The summed E-state index contributed by atoms with van der Waals surface area (Å²) in [7, 11) is 1.33. The fourth-order valence-corrected chi connectivity index (χ4v) is 2.72. The van der Waals surface area contributed by atoms with E-state index in [1.807, 2.05) is 13.8 Å². The Morgan fingerprint density at radius 1 is 1.53 bits per heavy atom. The van der Waals surface area contributed by atoms with Crippen LogP contribution in [-0.4, -0.2) is 40.8 Å². The summed E-state index contributed by atoms with van der Waals surface area (Å²) in [5.74, 6) is -0.397. The van der Waals surface area contributed by atoms with Gasteiger partial charge in [0.2, 0.25) is 0 Å². The molecule has 0 radical (unpaired) electrons. The van der Waals surface area contributed by atoms with E-state index < -0.39 is 11.5 Å². The third kappa shape index (κ3) is 5.39. The zero-order chi connectivity index (χ0) is 12.1. The van der Waals surface area contributed by atoms with Crippen LogP contribution < -0.4 is 5.73 Å². The van der Waals surface area contributed by atoms with E-state index in [1.54, 1.807) is 18.7 Å². The van der Waals surface area contributed by atoms with Crippen LogP contribution in [0.3, 0.4) is 0 Å². The molecule has 0 aromatic carbocycles. The summed E-state index contributed by atoms with van der Waals surface area (Å²) < 4.78 is 4.62. The molecule has 0 bridgehead atoms. The van der Waals surface area contributed by atoms with Gasteiger partial charge in [0.25, 0.3) is 0 Å². The Kier molecular flexibility index (Phi) is 6.24. The lowest BCUT2D eigenvalue weighted by Gasteiger charge is -2.25. The molecule has 0 heterocycles. The molecule has 0 saturated heterocycles. The summed E-state index contributed by atoms with van der Waals surface area (Å²) in [6, 6.07) is 0. The number of ether oxygens (including phenoxy) is 1. The van der Waals surface area contributed by atoms with Crippen molar-refractivity contribution in [3.05, 3.63) is 0 Å². The predicted octanol–water partition coefficient (Wildman–Crippen LogP) is 0.769. The first-order valence-electron chi connectivity index (χ1n) is 4.97. The van der Waals surface area contributed by atoms with Gasteiger partial charge in [-0.05, 0) is 13.3 Å². The van der Waals surface area contributed by atoms with Crippen LogP contribution in [0.1, 0.15) is 27.2 Å². The van der Waals surface area contributed by atoms with E-state index in [0.29, 0.717) is 6.42 Å². The minimum atomic E-state index is -0.948. The molecule has 3 N–H and O–H groups in total. The standard InChI is InChI=1S/C10H21NO3S/c1-7(15-8(2)6-12)5-10(3,11)9(13)14-4/h7-8,12H,5-6,11H2,1-4H3. The number of thioether (sulfide) groups is 1. The highest BCUT2D eigenvalue weighted by atomic mass is 32.2. The fourth-order valence-electron chi connectivity index (χ4n) is 1.40. The maximum absolute atomic E-state index is 11.3. The third-order valence-electron chi connectivity index (χ3n) is 2.08. The first-order valence-corrected chi connectivity index (χ1v) is 5.91. The lowest BCUT2D eigenvalue weighted by molar-refractivity contribution is -0.146. The Bertz CT molecular complexity index is 209. The first kappa shape index (κ1) is 14.7. The van der Waals surface area contributed by atoms with Gasteiger partial charge >= 0.3 is 5.97 Å². The normalized spacial score (nSPS) is 19.1. The number of esters is 1. The molecule has 15 heavy (non-hydrogen) atoms. The van der Waals surface area contributed by atoms with E-state index in [-0.39, 0.29) is 17.1 Å². The zero-order valence-corrected chi connectivity index (χ0v) is 10.6. The van der Waals surface area contributed by atoms with Crippen molar-refractivity contribution in [2.24, 2.45) is 5.73 Å². The predicted molar refractivity (Wildman–Crippen MR) is 62.8 cm³/mol. The van der Waals surface area contributed by atoms with Gasteiger partial charge in [0.1, 0.15) is 5.54 Å².